The summed E-state index contributed by atoms with van der Waals surface area (Å²) in [7, 11) is 0. The van der Waals surface area contributed by atoms with Crippen molar-refractivity contribution in [1.82, 2.24) is 15.1 Å². The Hall–Kier alpha value is -4.32. The number of rotatable bonds is 6. The van der Waals surface area contributed by atoms with Crippen molar-refractivity contribution >= 4 is 23.4 Å². The van der Waals surface area contributed by atoms with E-state index in [2.05, 4.69) is 5.32 Å². The van der Waals surface area contributed by atoms with Crippen molar-refractivity contribution in [2.45, 2.75) is 18.4 Å². The van der Waals surface area contributed by atoms with E-state index in [4.69, 9.17) is 0 Å². The van der Waals surface area contributed by atoms with Crippen LogP contribution in [0.2, 0.25) is 0 Å². The van der Waals surface area contributed by atoms with Gasteiger partial charge in [-0.25, -0.2) is 22.0 Å². The molecule has 2 heterocycles. The molecule has 214 valence electrons. The molecule has 2 aliphatic heterocycles. The minimum absolute atomic E-state index is 0.155. The second-order valence-corrected chi connectivity index (χ2v) is 9.96. The van der Waals surface area contributed by atoms with E-state index in [-0.39, 0.29) is 36.8 Å². The predicted octanol–water partition coefficient (Wildman–Crippen LogP) is 4.09. The lowest BCUT2D eigenvalue weighted by Gasteiger charge is -2.43. The van der Waals surface area contributed by atoms with Crippen molar-refractivity contribution < 1.29 is 36.3 Å². The Kier molecular flexibility index (Phi) is 7.76. The van der Waals surface area contributed by atoms with Crippen LogP contribution in [-0.4, -0.2) is 65.9 Å². The van der Waals surface area contributed by atoms with Crippen LogP contribution in [0.25, 0.3) is 0 Å². The number of amides is 3. The van der Waals surface area contributed by atoms with E-state index in [9.17, 15) is 36.3 Å². The highest BCUT2D eigenvalue weighted by Crippen LogP contribution is 2.36. The van der Waals surface area contributed by atoms with Gasteiger partial charge in [-0.3, -0.25) is 19.3 Å². The van der Waals surface area contributed by atoms with Gasteiger partial charge >= 0.3 is 0 Å². The van der Waals surface area contributed by atoms with E-state index in [1.165, 1.54) is 12.1 Å². The summed E-state index contributed by atoms with van der Waals surface area (Å²) in [5.74, 6) is -7.41. The molecule has 2 aliphatic rings. The summed E-state index contributed by atoms with van der Waals surface area (Å²) >= 11 is 0. The molecule has 0 aromatic heterocycles. The molecule has 0 radical (unpaired) electrons. The van der Waals surface area contributed by atoms with Crippen molar-refractivity contribution in [1.29, 1.82) is 0 Å². The third-order valence-electron chi connectivity index (χ3n) is 7.60. The van der Waals surface area contributed by atoms with E-state index in [0.29, 0.717) is 43.8 Å². The van der Waals surface area contributed by atoms with Crippen LogP contribution in [0.1, 0.15) is 33.6 Å². The smallest absolute Gasteiger partial charge is 0.260 e. The summed E-state index contributed by atoms with van der Waals surface area (Å²) in [6.07, 6.45) is 0.757. The molecule has 0 saturated carbocycles. The molecule has 2 fully saturated rings. The van der Waals surface area contributed by atoms with Gasteiger partial charge < -0.3 is 15.1 Å². The van der Waals surface area contributed by atoms with Gasteiger partial charge in [-0.05, 0) is 67.4 Å². The Labute approximate surface area is 232 Å². The quantitative estimate of drug-likeness (QED) is 0.356. The van der Waals surface area contributed by atoms with Crippen LogP contribution >= 0.6 is 0 Å². The van der Waals surface area contributed by atoms with Gasteiger partial charge in [0.15, 0.2) is 23.3 Å². The highest BCUT2D eigenvalue weighted by atomic mass is 19.2. The first-order chi connectivity index (χ1) is 19.6. The number of piperidine rings is 1. The Bertz CT molecular complexity index is 1450. The summed E-state index contributed by atoms with van der Waals surface area (Å²) in [4.78, 5) is 44.0. The lowest BCUT2D eigenvalue weighted by Crippen LogP contribution is -2.57. The van der Waals surface area contributed by atoms with E-state index >= 15 is 0 Å². The van der Waals surface area contributed by atoms with Gasteiger partial charge in [0.05, 0.1) is 6.67 Å². The SMILES string of the molecule is O=C(c1ccc(F)c(F)c1)N(CCN1CCC2(CC1)C(=O)NCN2c1cccc(F)c1)C(=O)c1ccc(F)c(F)c1. The molecule has 0 bridgehead atoms. The first kappa shape index (κ1) is 28.2. The number of hydrogen-bond acceptors (Lipinski definition) is 5. The van der Waals surface area contributed by atoms with Crippen LogP contribution in [0, 0.1) is 29.1 Å². The Morgan fingerprint density at radius 3 is 1.93 bits per heavy atom. The third-order valence-corrected chi connectivity index (χ3v) is 7.60. The second kappa shape index (κ2) is 11.3. The molecule has 1 spiro atoms. The standard InChI is InChI=1S/C29H25F5N4O3/c30-20-2-1-3-21(16-20)38-17-35-28(41)29(38)8-10-36(11-9-29)12-13-37(26(39)18-4-6-22(31)24(33)14-18)27(40)19-5-7-23(32)25(34)15-19/h1-7,14-16H,8-13,17H2,(H,35,41). The van der Waals surface area contributed by atoms with Crippen molar-refractivity contribution in [3.63, 3.8) is 0 Å². The van der Waals surface area contributed by atoms with Gasteiger partial charge in [-0.2, -0.15) is 0 Å². The zero-order chi connectivity index (χ0) is 29.3. The number of hydrogen-bond donors (Lipinski definition) is 1. The van der Waals surface area contributed by atoms with Crippen molar-refractivity contribution in [2.75, 3.05) is 37.7 Å². The fourth-order valence-corrected chi connectivity index (χ4v) is 5.32. The summed E-state index contributed by atoms with van der Waals surface area (Å²) in [5, 5.41) is 2.83. The van der Waals surface area contributed by atoms with Crippen molar-refractivity contribution in [3.05, 3.63) is 101 Å². The average molecular weight is 573 g/mol. The number of anilines is 1. The number of nitrogens with one attached hydrogen (secondary N) is 1. The lowest BCUT2D eigenvalue weighted by molar-refractivity contribution is -0.125. The first-order valence-electron chi connectivity index (χ1n) is 12.9. The molecule has 0 unspecified atom stereocenters. The number of imide groups is 1. The van der Waals surface area contributed by atoms with Gasteiger partial charge in [0, 0.05) is 43.0 Å². The topological polar surface area (TPSA) is 73.0 Å². The van der Waals surface area contributed by atoms with Gasteiger partial charge in [-0.1, -0.05) is 6.07 Å². The van der Waals surface area contributed by atoms with E-state index in [1.54, 1.807) is 12.1 Å². The fraction of sp³-hybridized carbons (Fsp3) is 0.276. The molecule has 3 aromatic rings. The summed E-state index contributed by atoms with van der Waals surface area (Å²) < 4.78 is 68.6. The van der Waals surface area contributed by atoms with Crippen molar-refractivity contribution in [3.8, 4) is 0 Å². The molecule has 3 amide bonds. The summed E-state index contributed by atoms with van der Waals surface area (Å²) in [5.41, 5.74) is -0.929. The molecule has 5 rings (SSSR count). The zero-order valence-electron chi connectivity index (χ0n) is 21.7. The van der Waals surface area contributed by atoms with Crippen LogP contribution in [0.4, 0.5) is 27.6 Å². The number of carbonyl (C=O) groups excluding carboxylic acids is 3. The summed E-state index contributed by atoms with van der Waals surface area (Å²) in [6.45, 7) is 0.962. The maximum absolute atomic E-state index is 13.9. The van der Waals surface area contributed by atoms with Crippen molar-refractivity contribution in [2.24, 2.45) is 0 Å². The normalized spacial score (nSPS) is 16.6. The number of benzene rings is 3. The van der Waals surface area contributed by atoms with Gasteiger partial charge in [0.1, 0.15) is 11.4 Å². The number of carbonyl (C=O) groups is 3. The zero-order valence-corrected chi connectivity index (χ0v) is 21.7. The minimum Gasteiger partial charge on any atom is -0.339 e. The number of nitrogens with zero attached hydrogens (tertiary/aromatic N) is 3. The van der Waals surface area contributed by atoms with Crippen LogP contribution in [-0.2, 0) is 4.79 Å². The van der Waals surface area contributed by atoms with E-state index in [0.717, 1.165) is 29.2 Å². The van der Waals surface area contributed by atoms with E-state index < -0.39 is 46.4 Å². The Morgan fingerprint density at radius 1 is 0.805 bits per heavy atom. The molecular weight excluding hydrogens is 547 g/mol. The monoisotopic (exact) mass is 572 g/mol. The molecule has 7 nitrogen and oxygen atoms in total. The highest BCUT2D eigenvalue weighted by Gasteiger charge is 2.50. The number of halogens is 5. The Balaban J connectivity index is 1.33. The van der Waals surface area contributed by atoms with Crippen LogP contribution < -0.4 is 10.2 Å². The van der Waals surface area contributed by atoms with Gasteiger partial charge in [-0.15, -0.1) is 0 Å². The largest absolute Gasteiger partial charge is 0.339 e. The molecule has 0 aliphatic carbocycles. The minimum atomic E-state index is -1.28. The van der Waals surface area contributed by atoms with Gasteiger partial charge in [0.25, 0.3) is 11.8 Å². The molecule has 1 N–H and O–H groups in total. The lowest BCUT2D eigenvalue weighted by atomic mass is 9.85. The van der Waals surface area contributed by atoms with Crippen LogP contribution in [0.3, 0.4) is 0 Å². The first-order valence-corrected chi connectivity index (χ1v) is 12.9. The van der Waals surface area contributed by atoms with Crippen LogP contribution in [0.15, 0.2) is 60.7 Å². The fourth-order valence-electron chi connectivity index (χ4n) is 5.32. The predicted molar refractivity (Wildman–Crippen MR) is 138 cm³/mol. The Morgan fingerprint density at radius 2 is 1.39 bits per heavy atom. The third kappa shape index (κ3) is 5.51. The summed E-state index contributed by atoms with van der Waals surface area (Å²) in [6, 6.07) is 10.9. The van der Waals surface area contributed by atoms with Crippen LogP contribution in [0.5, 0.6) is 0 Å². The molecule has 12 heteroatoms. The van der Waals surface area contributed by atoms with Gasteiger partial charge in [0.2, 0.25) is 5.91 Å². The molecular formula is C29H25F5N4O3. The number of likely N-dealkylation sites (tertiary alicyclic amines) is 1. The molecule has 0 atom stereocenters. The second-order valence-electron chi connectivity index (χ2n) is 9.96. The molecule has 2 saturated heterocycles. The molecule has 3 aromatic carbocycles. The average Bonchev–Trinajstić information content (AvgIpc) is 3.27. The molecule has 41 heavy (non-hydrogen) atoms. The highest BCUT2D eigenvalue weighted by molar-refractivity contribution is 6.10. The maximum Gasteiger partial charge on any atom is 0.260 e. The maximum atomic E-state index is 13.9. The van der Waals surface area contributed by atoms with E-state index in [1.807, 2.05) is 9.80 Å².